The maximum Gasteiger partial charge on any atom is 0.419 e. The SMILES string of the molecule is CC(C)C(CCN)Nc1ncccc1C(F)(F)F. The Morgan fingerprint density at radius 3 is 2.56 bits per heavy atom. The standard InChI is InChI=1S/C12H18F3N3/c1-8(2)10(5-6-16)18-11-9(12(13,14)15)4-3-7-17-11/h3-4,7-8,10H,5-6,16H2,1-2H3,(H,17,18). The van der Waals surface area contributed by atoms with Gasteiger partial charge in [0.05, 0.1) is 5.56 Å². The second-order valence-electron chi connectivity index (χ2n) is 4.47. The van der Waals surface area contributed by atoms with Crippen LogP contribution in [0.3, 0.4) is 0 Å². The van der Waals surface area contributed by atoms with E-state index >= 15 is 0 Å². The highest BCUT2D eigenvalue weighted by Gasteiger charge is 2.34. The molecule has 0 spiro atoms. The van der Waals surface area contributed by atoms with Crippen molar-refractivity contribution in [2.24, 2.45) is 11.7 Å². The summed E-state index contributed by atoms with van der Waals surface area (Å²) in [5, 5.41) is 2.84. The Balaban J connectivity index is 2.96. The molecule has 1 atom stereocenters. The topological polar surface area (TPSA) is 50.9 Å². The van der Waals surface area contributed by atoms with Crippen LogP contribution in [0.4, 0.5) is 19.0 Å². The van der Waals surface area contributed by atoms with Crippen LogP contribution < -0.4 is 11.1 Å². The number of halogens is 3. The third-order valence-corrected chi connectivity index (χ3v) is 2.72. The van der Waals surface area contributed by atoms with Crippen molar-refractivity contribution < 1.29 is 13.2 Å². The third kappa shape index (κ3) is 3.87. The van der Waals surface area contributed by atoms with Gasteiger partial charge in [-0.25, -0.2) is 4.98 Å². The number of pyridine rings is 1. The fourth-order valence-electron chi connectivity index (χ4n) is 1.68. The van der Waals surface area contributed by atoms with Gasteiger partial charge >= 0.3 is 6.18 Å². The third-order valence-electron chi connectivity index (χ3n) is 2.72. The van der Waals surface area contributed by atoms with Crippen LogP contribution in [0.15, 0.2) is 18.3 Å². The molecule has 6 heteroatoms. The summed E-state index contributed by atoms with van der Waals surface area (Å²) >= 11 is 0. The van der Waals surface area contributed by atoms with Crippen LogP contribution in [0, 0.1) is 5.92 Å². The van der Waals surface area contributed by atoms with Crippen LogP contribution >= 0.6 is 0 Å². The van der Waals surface area contributed by atoms with E-state index in [1.54, 1.807) is 0 Å². The Morgan fingerprint density at radius 1 is 1.39 bits per heavy atom. The zero-order chi connectivity index (χ0) is 13.8. The zero-order valence-corrected chi connectivity index (χ0v) is 10.5. The first kappa shape index (κ1) is 14.8. The van der Waals surface area contributed by atoms with Gasteiger partial charge in [0.15, 0.2) is 0 Å². The summed E-state index contributed by atoms with van der Waals surface area (Å²) in [6.07, 6.45) is -2.45. The van der Waals surface area contributed by atoms with Crippen molar-refractivity contribution in [3.05, 3.63) is 23.9 Å². The number of alkyl halides is 3. The average molecular weight is 261 g/mol. The summed E-state index contributed by atoms with van der Waals surface area (Å²) in [6, 6.07) is 2.18. The van der Waals surface area contributed by atoms with Gasteiger partial charge in [-0.2, -0.15) is 13.2 Å². The lowest BCUT2D eigenvalue weighted by Gasteiger charge is -2.24. The van der Waals surface area contributed by atoms with E-state index in [0.717, 1.165) is 6.07 Å². The molecule has 0 radical (unpaired) electrons. The highest BCUT2D eigenvalue weighted by molar-refractivity contribution is 5.46. The molecular formula is C12H18F3N3. The van der Waals surface area contributed by atoms with Gasteiger partial charge in [-0.05, 0) is 31.0 Å². The van der Waals surface area contributed by atoms with Gasteiger partial charge in [-0.3, -0.25) is 0 Å². The first-order valence-corrected chi connectivity index (χ1v) is 5.85. The molecule has 0 fully saturated rings. The van der Waals surface area contributed by atoms with Gasteiger partial charge in [-0.1, -0.05) is 13.8 Å². The number of aromatic nitrogens is 1. The normalized spacial score (nSPS) is 13.7. The van der Waals surface area contributed by atoms with E-state index in [1.165, 1.54) is 12.3 Å². The van der Waals surface area contributed by atoms with Crippen LogP contribution in [0.1, 0.15) is 25.8 Å². The fourth-order valence-corrected chi connectivity index (χ4v) is 1.68. The molecule has 0 aliphatic carbocycles. The van der Waals surface area contributed by atoms with Gasteiger partial charge in [-0.15, -0.1) is 0 Å². The molecule has 0 saturated carbocycles. The summed E-state index contributed by atoms with van der Waals surface area (Å²) in [6.45, 7) is 4.29. The van der Waals surface area contributed by atoms with Gasteiger partial charge in [0.2, 0.25) is 0 Å². The Hall–Kier alpha value is -1.30. The van der Waals surface area contributed by atoms with E-state index in [9.17, 15) is 13.2 Å². The Bertz CT molecular complexity index is 377. The first-order chi connectivity index (χ1) is 8.36. The Labute approximate surface area is 105 Å². The van der Waals surface area contributed by atoms with Gasteiger partial charge in [0.1, 0.15) is 5.82 Å². The van der Waals surface area contributed by atoms with Crippen LogP contribution in [0.5, 0.6) is 0 Å². The molecule has 1 aromatic heterocycles. The van der Waals surface area contributed by atoms with Crippen LogP contribution in [-0.4, -0.2) is 17.6 Å². The van der Waals surface area contributed by atoms with E-state index in [-0.39, 0.29) is 17.8 Å². The van der Waals surface area contributed by atoms with Crippen molar-refractivity contribution in [1.82, 2.24) is 4.98 Å². The van der Waals surface area contributed by atoms with Gasteiger partial charge in [0, 0.05) is 12.2 Å². The van der Waals surface area contributed by atoms with Crippen LogP contribution in [-0.2, 0) is 6.18 Å². The molecule has 102 valence electrons. The minimum absolute atomic E-state index is 0.119. The summed E-state index contributed by atoms with van der Waals surface area (Å²) in [5.41, 5.74) is 4.72. The lowest BCUT2D eigenvalue weighted by atomic mass is 10.0. The molecule has 0 aliphatic heterocycles. The van der Waals surface area contributed by atoms with E-state index in [1.807, 2.05) is 13.8 Å². The van der Waals surface area contributed by atoms with Crippen molar-refractivity contribution in [2.45, 2.75) is 32.5 Å². The summed E-state index contributed by atoms with van der Waals surface area (Å²) < 4.78 is 38.3. The highest BCUT2D eigenvalue weighted by Crippen LogP contribution is 2.34. The monoisotopic (exact) mass is 261 g/mol. The molecule has 3 nitrogen and oxygen atoms in total. The molecule has 18 heavy (non-hydrogen) atoms. The molecule has 1 heterocycles. The molecular weight excluding hydrogens is 243 g/mol. The Kier molecular flexibility index (Phi) is 4.95. The predicted octanol–water partition coefficient (Wildman–Crippen LogP) is 2.89. The van der Waals surface area contributed by atoms with Crippen LogP contribution in [0.2, 0.25) is 0 Å². The van der Waals surface area contributed by atoms with Crippen molar-refractivity contribution in [1.29, 1.82) is 0 Å². The fraction of sp³-hybridized carbons (Fsp3) is 0.583. The zero-order valence-electron chi connectivity index (χ0n) is 10.5. The maximum absolute atomic E-state index is 12.8. The molecule has 0 bridgehead atoms. The second kappa shape index (κ2) is 6.04. The number of hydrogen-bond acceptors (Lipinski definition) is 3. The second-order valence-corrected chi connectivity index (χ2v) is 4.47. The minimum atomic E-state index is -4.40. The van der Waals surface area contributed by atoms with E-state index in [4.69, 9.17) is 5.73 Å². The molecule has 3 N–H and O–H groups in total. The quantitative estimate of drug-likeness (QED) is 0.857. The molecule has 0 saturated heterocycles. The molecule has 0 aromatic carbocycles. The number of nitrogens with one attached hydrogen (secondary N) is 1. The number of anilines is 1. The molecule has 1 unspecified atom stereocenters. The van der Waals surface area contributed by atoms with Crippen LogP contribution in [0.25, 0.3) is 0 Å². The van der Waals surface area contributed by atoms with E-state index < -0.39 is 11.7 Å². The predicted molar refractivity (Wildman–Crippen MR) is 65.2 cm³/mol. The molecule has 1 aromatic rings. The van der Waals surface area contributed by atoms with Crippen molar-refractivity contribution in [2.75, 3.05) is 11.9 Å². The minimum Gasteiger partial charge on any atom is -0.367 e. The van der Waals surface area contributed by atoms with E-state index in [0.29, 0.717) is 13.0 Å². The number of rotatable bonds is 5. The smallest absolute Gasteiger partial charge is 0.367 e. The molecule has 0 amide bonds. The lowest BCUT2D eigenvalue weighted by molar-refractivity contribution is -0.137. The largest absolute Gasteiger partial charge is 0.419 e. The maximum atomic E-state index is 12.8. The van der Waals surface area contributed by atoms with E-state index in [2.05, 4.69) is 10.3 Å². The molecule has 0 aliphatic rings. The first-order valence-electron chi connectivity index (χ1n) is 5.85. The van der Waals surface area contributed by atoms with Gasteiger partial charge in [0.25, 0.3) is 0 Å². The lowest BCUT2D eigenvalue weighted by Crippen LogP contribution is -2.30. The highest BCUT2D eigenvalue weighted by atomic mass is 19.4. The average Bonchev–Trinajstić information content (AvgIpc) is 2.27. The van der Waals surface area contributed by atoms with Crippen molar-refractivity contribution in [3.63, 3.8) is 0 Å². The summed E-state index contributed by atoms with van der Waals surface area (Å²) in [7, 11) is 0. The summed E-state index contributed by atoms with van der Waals surface area (Å²) in [4.78, 5) is 3.78. The van der Waals surface area contributed by atoms with Gasteiger partial charge < -0.3 is 11.1 Å². The van der Waals surface area contributed by atoms with Crippen molar-refractivity contribution >= 4 is 5.82 Å². The van der Waals surface area contributed by atoms with Crippen molar-refractivity contribution in [3.8, 4) is 0 Å². The molecule has 1 rings (SSSR count). The summed E-state index contributed by atoms with van der Waals surface area (Å²) in [5.74, 6) is 0.0498. The number of nitrogens with zero attached hydrogens (tertiary/aromatic N) is 1. The number of hydrogen-bond donors (Lipinski definition) is 2. The number of nitrogens with two attached hydrogens (primary N) is 1. The Morgan fingerprint density at radius 2 is 2.06 bits per heavy atom.